The number of nitrogens with one attached hydrogen (secondary N) is 3. The van der Waals surface area contributed by atoms with E-state index in [1.165, 1.54) is 0 Å². The Kier molecular flexibility index (Phi) is 13.0. The molecule has 1 aliphatic rings. The van der Waals surface area contributed by atoms with Crippen LogP contribution >= 0.6 is 24.0 Å². The molecular formula is C19H39IN6O3. The Morgan fingerprint density at radius 2 is 1.86 bits per heavy atom. The Morgan fingerprint density at radius 1 is 1.24 bits per heavy atom. The highest BCUT2D eigenvalue weighted by molar-refractivity contribution is 14.0. The van der Waals surface area contributed by atoms with Crippen molar-refractivity contribution in [3.05, 3.63) is 0 Å². The van der Waals surface area contributed by atoms with Gasteiger partial charge in [-0.1, -0.05) is 13.3 Å². The number of carbonyl (C=O) groups is 2. The molecule has 0 aromatic heterocycles. The number of likely N-dealkylation sites (tertiary alicyclic amines) is 1. The van der Waals surface area contributed by atoms with Crippen LogP contribution in [0.2, 0.25) is 0 Å². The van der Waals surface area contributed by atoms with Crippen LogP contribution < -0.4 is 21.7 Å². The van der Waals surface area contributed by atoms with Crippen LogP contribution in [-0.4, -0.2) is 66.8 Å². The predicted molar refractivity (Wildman–Crippen MR) is 127 cm³/mol. The van der Waals surface area contributed by atoms with E-state index in [4.69, 9.17) is 10.5 Å². The van der Waals surface area contributed by atoms with Crippen LogP contribution in [0, 0.1) is 0 Å². The van der Waals surface area contributed by atoms with E-state index < -0.39 is 11.7 Å². The van der Waals surface area contributed by atoms with Crippen LogP contribution in [0.1, 0.15) is 60.3 Å². The molecule has 1 rings (SSSR count). The minimum atomic E-state index is -0.527. The van der Waals surface area contributed by atoms with Crippen LogP contribution in [0.4, 0.5) is 9.59 Å². The van der Waals surface area contributed by atoms with Crippen LogP contribution in [0.3, 0.4) is 0 Å². The highest BCUT2D eigenvalue weighted by Gasteiger charge is 2.22. The molecular weight excluding hydrogens is 487 g/mol. The first kappa shape index (κ1) is 27.5. The highest BCUT2D eigenvalue weighted by atomic mass is 127. The van der Waals surface area contributed by atoms with Crippen LogP contribution in [0.15, 0.2) is 4.99 Å². The summed E-state index contributed by atoms with van der Waals surface area (Å²) in [5, 5.41) is 9.58. The minimum absolute atomic E-state index is 0. The van der Waals surface area contributed by atoms with E-state index in [0.717, 1.165) is 32.2 Å². The number of guanidine groups is 1. The van der Waals surface area contributed by atoms with Crippen molar-refractivity contribution < 1.29 is 14.3 Å². The summed E-state index contributed by atoms with van der Waals surface area (Å²) in [6.07, 6.45) is 2.98. The molecule has 0 aromatic carbocycles. The maximum atomic E-state index is 12.1. The lowest BCUT2D eigenvalue weighted by Crippen LogP contribution is -2.51. The second kappa shape index (κ2) is 13.7. The first-order valence-electron chi connectivity index (χ1n) is 10.2. The summed E-state index contributed by atoms with van der Waals surface area (Å²) in [7, 11) is 0. The van der Waals surface area contributed by atoms with Gasteiger partial charge in [0.2, 0.25) is 0 Å². The number of hydrogen-bond donors (Lipinski definition) is 4. The Hall–Kier alpha value is -1.46. The minimum Gasteiger partial charge on any atom is -0.444 e. The van der Waals surface area contributed by atoms with Gasteiger partial charge in [0, 0.05) is 25.7 Å². The van der Waals surface area contributed by atoms with E-state index in [0.29, 0.717) is 25.6 Å². The first-order chi connectivity index (χ1) is 13.1. The molecule has 5 N–H and O–H groups in total. The van der Waals surface area contributed by atoms with Crippen molar-refractivity contribution in [1.29, 1.82) is 0 Å². The van der Waals surface area contributed by atoms with Gasteiger partial charge >= 0.3 is 12.1 Å². The lowest BCUT2D eigenvalue weighted by Gasteiger charge is -2.32. The number of primary amides is 1. The highest BCUT2D eigenvalue weighted by Crippen LogP contribution is 2.10. The summed E-state index contributed by atoms with van der Waals surface area (Å²) in [5.41, 5.74) is 4.81. The van der Waals surface area contributed by atoms with Gasteiger partial charge in [0.15, 0.2) is 5.96 Å². The summed E-state index contributed by atoms with van der Waals surface area (Å²) in [6, 6.07) is -0.224. The van der Waals surface area contributed by atoms with Crippen LogP contribution in [0.25, 0.3) is 0 Å². The Labute approximate surface area is 192 Å². The van der Waals surface area contributed by atoms with Crippen LogP contribution in [0.5, 0.6) is 0 Å². The van der Waals surface area contributed by atoms with Gasteiger partial charge in [-0.15, -0.1) is 24.0 Å². The van der Waals surface area contributed by atoms with E-state index in [1.807, 2.05) is 27.7 Å². The average Bonchev–Trinajstić information content (AvgIpc) is 2.58. The molecule has 0 aromatic rings. The first-order valence-corrected chi connectivity index (χ1v) is 10.2. The van der Waals surface area contributed by atoms with Crippen molar-refractivity contribution in [3.8, 4) is 0 Å². The number of halogens is 1. The van der Waals surface area contributed by atoms with Gasteiger partial charge in [-0.05, 0) is 47.0 Å². The predicted octanol–water partition coefficient (Wildman–Crippen LogP) is 2.40. The van der Waals surface area contributed by atoms with Gasteiger partial charge in [-0.25, -0.2) is 9.59 Å². The van der Waals surface area contributed by atoms with E-state index in [-0.39, 0.29) is 42.1 Å². The van der Waals surface area contributed by atoms with Gasteiger partial charge in [-0.2, -0.15) is 0 Å². The molecule has 1 fully saturated rings. The van der Waals surface area contributed by atoms with E-state index in [1.54, 1.807) is 4.90 Å². The molecule has 9 nitrogen and oxygen atoms in total. The molecule has 1 unspecified atom stereocenters. The third kappa shape index (κ3) is 12.0. The molecule has 170 valence electrons. The van der Waals surface area contributed by atoms with Crippen molar-refractivity contribution in [1.82, 2.24) is 20.9 Å². The second-order valence-electron chi connectivity index (χ2n) is 8.10. The number of aliphatic imine (C=N–C) groups is 1. The fraction of sp³-hybridized carbons (Fsp3) is 0.842. The average molecular weight is 526 g/mol. The zero-order chi connectivity index (χ0) is 21.2. The van der Waals surface area contributed by atoms with Gasteiger partial charge in [0.25, 0.3) is 0 Å². The van der Waals surface area contributed by atoms with Crippen LogP contribution in [-0.2, 0) is 4.74 Å². The van der Waals surface area contributed by atoms with Crippen molar-refractivity contribution in [2.45, 2.75) is 78.0 Å². The van der Waals surface area contributed by atoms with Crippen molar-refractivity contribution >= 4 is 42.1 Å². The summed E-state index contributed by atoms with van der Waals surface area (Å²) >= 11 is 0. The molecule has 1 heterocycles. The van der Waals surface area contributed by atoms with Crippen molar-refractivity contribution in [3.63, 3.8) is 0 Å². The normalized spacial score (nSPS) is 16.4. The second-order valence-corrected chi connectivity index (χ2v) is 8.10. The molecule has 0 aliphatic carbocycles. The third-order valence-electron chi connectivity index (χ3n) is 4.32. The monoisotopic (exact) mass is 526 g/mol. The number of urea groups is 1. The lowest BCUT2D eigenvalue weighted by molar-refractivity contribution is 0.0503. The van der Waals surface area contributed by atoms with E-state index in [9.17, 15) is 9.59 Å². The number of alkyl carbamates (subject to hydrolysis) is 1. The number of rotatable bonds is 7. The third-order valence-corrected chi connectivity index (χ3v) is 4.32. The van der Waals surface area contributed by atoms with Gasteiger partial charge < -0.3 is 31.3 Å². The number of hydrogen-bond acceptors (Lipinski definition) is 4. The number of amides is 3. The smallest absolute Gasteiger partial charge is 0.407 e. The molecule has 1 aliphatic heterocycles. The topological polar surface area (TPSA) is 121 Å². The molecule has 1 saturated heterocycles. The summed E-state index contributed by atoms with van der Waals surface area (Å²) in [5.74, 6) is 0.715. The summed E-state index contributed by atoms with van der Waals surface area (Å²) < 4.78 is 5.35. The number of nitrogens with two attached hydrogens (primary N) is 1. The van der Waals surface area contributed by atoms with Crippen molar-refractivity contribution in [2.75, 3.05) is 26.2 Å². The molecule has 0 radical (unpaired) electrons. The van der Waals surface area contributed by atoms with E-state index >= 15 is 0 Å². The summed E-state index contributed by atoms with van der Waals surface area (Å²) in [6.45, 7) is 12.1. The zero-order valence-corrected chi connectivity index (χ0v) is 20.7. The molecule has 1 atom stereocenters. The Balaban J connectivity index is 0.00000784. The number of piperidine rings is 1. The molecule has 29 heavy (non-hydrogen) atoms. The lowest BCUT2D eigenvalue weighted by atomic mass is 10.1. The standard InChI is InChI=1S/C19H38N6O3.HI/c1-6-8-15(24-18(27)28-19(3,4)5)13-22-17(21-7-2)23-14-9-11-25(12-10-14)16(20)26;/h14-15H,6-13H2,1-5H3,(H2,20,26)(H,24,27)(H2,21,22,23);1H. The van der Waals surface area contributed by atoms with Crippen molar-refractivity contribution in [2.24, 2.45) is 10.7 Å². The van der Waals surface area contributed by atoms with Gasteiger partial charge in [0.1, 0.15) is 5.60 Å². The quantitative estimate of drug-likeness (QED) is 0.231. The maximum absolute atomic E-state index is 12.1. The number of carbonyl (C=O) groups excluding carboxylic acids is 2. The zero-order valence-electron chi connectivity index (χ0n) is 18.4. The van der Waals surface area contributed by atoms with E-state index in [2.05, 4.69) is 27.9 Å². The van der Waals surface area contributed by atoms with Gasteiger partial charge in [-0.3, -0.25) is 4.99 Å². The van der Waals surface area contributed by atoms with Gasteiger partial charge in [0.05, 0.1) is 12.6 Å². The molecule has 0 spiro atoms. The fourth-order valence-corrected chi connectivity index (χ4v) is 2.99. The SMILES string of the molecule is CCCC(CN=C(NCC)NC1CCN(C(N)=O)CC1)NC(=O)OC(C)(C)C.I. The Morgan fingerprint density at radius 3 is 2.34 bits per heavy atom. The number of nitrogens with zero attached hydrogens (tertiary/aromatic N) is 2. The Bertz CT molecular complexity index is 531. The number of ether oxygens (including phenoxy) is 1. The molecule has 0 bridgehead atoms. The maximum Gasteiger partial charge on any atom is 0.407 e. The fourth-order valence-electron chi connectivity index (χ4n) is 2.99. The largest absolute Gasteiger partial charge is 0.444 e. The summed E-state index contributed by atoms with van der Waals surface area (Å²) in [4.78, 5) is 29.6. The molecule has 0 saturated carbocycles. The molecule has 3 amide bonds. The molecule has 10 heteroatoms.